The molecule has 2 saturated heterocycles. The zero-order chi connectivity index (χ0) is 17.0. The van der Waals surface area contributed by atoms with Crippen LogP contribution in [0.5, 0.6) is 0 Å². The van der Waals surface area contributed by atoms with Crippen LogP contribution in [0.1, 0.15) is 40.5 Å². The average molecular weight is 504 g/mol. The van der Waals surface area contributed by atoms with Crippen molar-refractivity contribution in [3.8, 4) is 6.07 Å². The predicted molar refractivity (Wildman–Crippen MR) is 91.0 cm³/mol. The number of carbonyl (C=O) groups excluding carboxylic acids is 1. The molecule has 2 heterocycles. The standard InChI is InChI=1S/C18H29N4O.Re/c1-15(2)13-18(3,4)7-5-17(23)22-12-11-21(20-9-10-20)14-16(22)6-8-19;/h5,7,16H,6,9-14H2,1-4H3;/q-1;/b7-5+;. The van der Waals surface area contributed by atoms with Gasteiger partial charge in [0.1, 0.15) is 0 Å². The van der Waals surface area contributed by atoms with Crippen molar-refractivity contribution in [3.63, 3.8) is 0 Å². The second-order valence-electron chi connectivity index (χ2n) is 7.62. The number of allylic oxidation sites excluding steroid dienone is 1. The molecule has 1 amide bonds. The van der Waals surface area contributed by atoms with Gasteiger partial charge in [-0.15, -0.1) is 0 Å². The van der Waals surface area contributed by atoms with E-state index < -0.39 is 0 Å². The van der Waals surface area contributed by atoms with E-state index >= 15 is 0 Å². The first kappa shape index (κ1) is 21.3. The summed E-state index contributed by atoms with van der Waals surface area (Å²) in [6, 6.07) is 2.23. The van der Waals surface area contributed by atoms with Gasteiger partial charge in [0.05, 0.1) is 18.5 Å². The number of amides is 1. The van der Waals surface area contributed by atoms with Crippen LogP contribution >= 0.6 is 0 Å². The maximum absolute atomic E-state index is 12.6. The van der Waals surface area contributed by atoms with E-state index in [1.165, 1.54) is 5.92 Å². The smallest absolute Gasteiger partial charge is 0.246 e. The number of piperazine rings is 1. The van der Waals surface area contributed by atoms with Gasteiger partial charge >= 0.3 is 0 Å². The summed E-state index contributed by atoms with van der Waals surface area (Å²) >= 11 is 0. The van der Waals surface area contributed by atoms with Crippen molar-refractivity contribution in [1.29, 1.82) is 5.26 Å². The second kappa shape index (κ2) is 9.11. The first-order chi connectivity index (χ1) is 10.8. The van der Waals surface area contributed by atoms with Gasteiger partial charge in [0, 0.05) is 53.1 Å². The van der Waals surface area contributed by atoms with Gasteiger partial charge < -0.3 is 10.8 Å². The van der Waals surface area contributed by atoms with Gasteiger partial charge in [-0.1, -0.05) is 19.9 Å². The number of nitriles is 1. The number of hydrogen-bond acceptors (Lipinski definition) is 4. The van der Waals surface area contributed by atoms with Crippen molar-refractivity contribution < 1.29 is 25.2 Å². The number of hydrazine groups is 1. The minimum atomic E-state index is -0.0131. The van der Waals surface area contributed by atoms with E-state index in [4.69, 9.17) is 5.26 Å². The van der Waals surface area contributed by atoms with Gasteiger partial charge in [0.2, 0.25) is 5.91 Å². The van der Waals surface area contributed by atoms with E-state index in [-0.39, 0.29) is 37.8 Å². The van der Waals surface area contributed by atoms with E-state index in [1.54, 1.807) is 6.08 Å². The fourth-order valence-electron chi connectivity index (χ4n) is 3.36. The molecular weight excluding hydrogens is 474 g/mol. The summed E-state index contributed by atoms with van der Waals surface area (Å²) in [5.74, 6) is 1.40. The van der Waals surface area contributed by atoms with Crippen molar-refractivity contribution >= 4 is 5.91 Å². The normalized spacial score (nSPS) is 22.5. The summed E-state index contributed by atoms with van der Waals surface area (Å²) in [5.41, 5.74) is -0.0131. The second-order valence-corrected chi connectivity index (χ2v) is 7.62. The van der Waals surface area contributed by atoms with Crippen molar-refractivity contribution in [2.45, 2.75) is 46.6 Å². The SMILES string of the molecule is C[C-](C)CC(C)(C)/C=C/C(=O)N1CCN(N2CC2)CC1CC#N.[Re]. The van der Waals surface area contributed by atoms with Crippen molar-refractivity contribution in [2.75, 3.05) is 32.7 Å². The van der Waals surface area contributed by atoms with Crippen LogP contribution in [0.4, 0.5) is 0 Å². The molecule has 0 spiro atoms. The molecule has 0 aromatic heterocycles. The molecular formula is C18H29N4ORe-. The van der Waals surface area contributed by atoms with Crippen LogP contribution in [-0.4, -0.2) is 59.6 Å². The van der Waals surface area contributed by atoms with Crippen molar-refractivity contribution in [3.05, 3.63) is 18.1 Å². The number of hydrogen-bond donors (Lipinski definition) is 0. The van der Waals surface area contributed by atoms with Gasteiger partial charge in [0.15, 0.2) is 0 Å². The third-order valence-electron chi connectivity index (χ3n) is 4.38. The zero-order valence-electron chi connectivity index (χ0n) is 15.3. The zero-order valence-corrected chi connectivity index (χ0v) is 18.0. The fourth-order valence-corrected chi connectivity index (χ4v) is 3.36. The first-order valence-electron chi connectivity index (χ1n) is 8.48. The Kier molecular flexibility index (Phi) is 8.10. The van der Waals surface area contributed by atoms with E-state index in [0.29, 0.717) is 13.0 Å². The number of nitrogens with zero attached hydrogens (tertiary/aromatic N) is 4. The van der Waals surface area contributed by atoms with Crippen molar-refractivity contribution in [1.82, 2.24) is 14.9 Å². The number of rotatable bonds is 6. The average Bonchev–Trinajstić information content (AvgIpc) is 3.28. The van der Waals surface area contributed by atoms with Gasteiger partial charge in [0.25, 0.3) is 0 Å². The molecule has 0 aliphatic carbocycles. The van der Waals surface area contributed by atoms with E-state index in [2.05, 4.69) is 43.8 Å². The van der Waals surface area contributed by atoms with Crippen LogP contribution in [0.2, 0.25) is 0 Å². The number of carbonyl (C=O) groups is 1. The molecule has 0 bridgehead atoms. The summed E-state index contributed by atoms with van der Waals surface area (Å²) in [6.07, 6.45) is 5.10. The minimum absolute atomic E-state index is 0. The molecule has 2 fully saturated rings. The molecule has 0 saturated carbocycles. The Morgan fingerprint density at radius 2 is 1.88 bits per heavy atom. The molecule has 2 rings (SSSR count). The Labute approximate surface area is 160 Å². The summed E-state index contributed by atoms with van der Waals surface area (Å²) in [7, 11) is 0. The molecule has 2 aliphatic rings. The Morgan fingerprint density at radius 1 is 1.25 bits per heavy atom. The van der Waals surface area contributed by atoms with Gasteiger partial charge in [-0.25, -0.2) is 10.0 Å². The fraction of sp³-hybridized carbons (Fsp3) is 0.722. The molecule has 0 aromatic carbocycles. The van der Waals surface area contributed by atoms with E-state index in [9.17, 15) is 4.79 Å². The van der Waals surface area contributed by atoms with Crippen LogP contribution in [-0.2, 0) is 25.2 Å². The summed E-state index contributed by atoms with van der Waals surface area (Å²) in [4.78, 5) is 14.5. The first-order valence-corrected chi connectivity index (χ1v) is 8.48. The molecule has 24 heavy (non-hydrogen) atoms. The van der Waals surface area contributed by atoms with Gasteiger partial charge in [-0.2, -0.15) is 25.5 Å². The maximum atomic E-state index is 12.6. The van der Waals surface area contributed by atoms with E-state index in [1.807, 2.05) is 11.0 Å². The molecule has 2 aliphatic heterocycles. The van der Waals surface area contributed by atoms with Crippen LogP contribution in [0, 0.1) is 22.7 Å². The molecule has 1 radical (unpaired) electrons. The Morgan fingerprint density at radius 3 is 2.42 bits per heavy atom. The Bertz CT molecular complexity index is 494. The van der Waals surface area contributed by atoms with Gasteiger partial charge in [-0.3, -0.25) is 4.79 Å². The molecule has 5 nitrogen and oxygen atoms in total. The van der Waals surface area contributed by atoms with Crippen LogP contribution < -0.4 is 0 Å². The third-order valence-corrected chi connectivity index (χ3v) is 4.38. The molecule has 0 aromatic rings. The van der Waals surface area contributed by atoms with Crippen LogP contribution in [0.25, 0.3) is 0 Å². The Hall–Kier alpha value is -0.718. The molecule has 6 heteroatoms. The van der Waals surface area contributed by atoms with Crippen LogP contribution in [0.3, 0.4) is 0 Å². The monoisotopic (exact) mass is 504 g/mol. The van der Waals surface area contributed by atoms with Crippen molar-refractivity contribution in [2.24, 2.45) is 5.41 Å². The predicted octanol–water partition coefficient (Wildman–Crippen LogP) is 2.23. The Balaban J connectivity index is 0.00000288. The molecule has 1 atom stereocenters. The summed E-state index contributed by atoms with van der Waals surface area (Å²) in [5, 5.41) is 13.6. The summed E-state index contributed by atoms with van der Waals surface area (Å²) in [6.45, 7) is 13.1. The largest absolute Gasteiger partial charge is 0.332 e. The van der Waals surface area contributed by atoms with Crippen LogP contribution in [0.15, 0.2) is 12.2 Å². The summed E-state index contributed by atoms with van der Waals surface area (Å²) < 4.78 is 0. The molecule has 1 unspecified atom stereocenters. The third kappa shape index (κ3) is 6.30. The molecule has 0 N–H and O–H groups in total. The topological polar surface area (TPSA) is 50.4 Å². The molecule has 135 valence electrons. The van der Waals surface area contributed by atoms with Gasteiger partial charge in [-0.05, 0) is 11.5 Å². The maximum Gasteiger partial charge on any atom is 0.246 e. The van der Waals surface area contributed by atoms with E-state index in [0.717, 1.165) is 32.6 Å². The minimum Gasteiger partial charge on any atom is -0.332 e. The quantitative estimate of drug-likeness (QED) is 0.317.